The van der Waals surface area contributed by atoms with Gasteiger partial charge in [0.25, 0.3) is 11.5 Å². The first-order valence-electron chi connectivity index (χ1n) is 11.7. The number of aliphatic hydroxyl groups is 2. The minimum absolute atomic E-state index is 0.0286. The van der Waals surface area contributed by atoms with Crippen LogP contribution in [0.3, 0.4) is 0 Å². The number of primary amides is 1. The van der Waals surface area contributed by atoms with Crippen LogP contribution in [-0.2, 0) is 36.2 Å². The maximum Gasteiger partial charge on any atom is 0.264 e. The summed E-state index contributed by atoms with van der Waals surface area (Å²) in [6.45, 7) is -0.563. The zero-order chi connectivity index (χ0) is 27.4. The first-order chi connectivity index (χ1) is 18.2. The van der Waals surface area contributed by atoms with E-state index in [0.717, 1.165) is 5.56 Å². The zero-order valence-electron chi connectivity index (χ0n) is 20.2. The van der Waals surface area contributed by atoms with Crippen molar-refractivity contribution in [1.29, 1.82) is 0 Å². The largest absolute Gasteiger partial charge is 0.772 e. The van der Waals surface area contributed by atoms with Crippen LogP contribution in [-0.4, -0.2) is 47.1 Å². The number of benzene rings is 2. The Morgan fingerprint density at radius 1 is 1.08 bits per heavy atom. The monoisotopic (exact) mass is 538 g/mol. The molecule has 2 aromatic heterocycles. The number of rotatable bonds is 10. The van der Waals surface area contributed by atoms with Crippen LogP contribution in [0.5, 0.6) is 0 Å². The van der Waals surface area contributed by atoms with E-state index in [9.17, 15) is 33.0 Å². The van der Waals surface area contributed by atoms with E-state index in [2.05, 4.69) is 4.98 Å². The van der Waals surface area contributed by atoms with Crippen molar-refractivity contribution < 1.29 is 28.2 Å². The van der Waals surface area contributed by atoms with Crippen LogP contribution in [0.25, 0.3) is 11.0 Å². The molecular formula is C27H25FN3O6S-. The molecule has 0 fully saturated rings. The van der Waals surface area contributed by atoms with Gasteiger partial charge in [-0.15, -0.1) is 0 Å². The predicted molar refractivity (Wildman–Crippen MR) is 139 cm³/mol. The minimum Gasteiger partial charge on any atom is -0.772 e. The summed E-state index contributed by atoms with van der Waals surface area (Å²) in [6, 6.07) is 14.4. The molecule has 0 saturated heterocycles. The predicted octanol–water partition coefficient (Wildman–Crippen LogP) is 1.55. The van der Waals surface area contributed by atoms with Gasteiger partial charge in [0, 0.05) is 23.9 Å². The highest BCUT2D eigenvalue weighted by Crippen LogP contribution is 2.23. The number of aliphatic hydroxyl groups excluding tert-OH is 2. The van der Waals surface area contributed by atoms with E-state index in [0.29, 0.717) is 28.6 Å². The highest BCUT2D eigenvalue weighted by molar-refractivity contribution is 7.78. The maximum absolute atomic E-state index is 13.6. The third kappa shape index (κ3) is 6.20. The number of carbonyl (C=O) groups is 1. The van der Waals surface area contributed by atoms with Crippen molar-refractivity contribution in [2.75, 3.05) is 6.61 Å². The van der Waals surface area contributed by atoms with Crippen molar-refractivity contribution >= 4 is 28.0 Å². The molecule has 0 aliphatic carbocycles. The SMILES string of the molecule is NC(=O)c1c(CC(O)CO)c2ncc(Cc3ccc(F)cc3)cc2n(Cc2ccc(CS(=O)[O-])cc2)c1=O. The molecule has 1 amide bonds. The summed E-state index contributed by atoms with van der Waals surface area (Å²) in [4.78, 5) is 30.5. The van der Waals surface area contributed by atoms with Crippen LogP contribution >= 0.6 is 0 Å². The van der Waals surface area contributed by atoms with Gasteiger partial charge in [-0.2, -0.15) is 0 Å². The molecule has 0 aliphatic heterocycles. The average Bonchev–Trinajstić information content (AvgIpc) is 2.88. The van der Waals surface area contributed by atoms with Crippen LogP contribution in [0.4, 0.5) is 4.39 Å². The lowest BCUT2D eigenvalue weighted by Gasteiger charge is -2.18. The molecule has 198 valence electrons. The van der Waals surface area contributed by atoms with E-state index in [-0.39, 0.29) is 41.2 Å². The molecule has 4 aromatic rings. The molecule has 0 spiro atoms. The molecule has 9 nitrogen and oxygen atoms in total. The molecule has 2 atom stereocenters. The number of carbonyl (C=O) groups excluding carboxylic acids is 1. The Balaban J connectivity index is 1.88. The number of amides is 1. The molecule has 38 heavy (non-hydrogen) atoms. The van der Waals surface area contributed by atoms with E-state index in [1.54, 1.807) is 48.7 Å². The van der Waals surface area contributed by atoms with E-state index in [1.807, 2.05) is 0 Å². The van der Waals surface area contributed by atoms with Gasteiger partial charge in [-0.1, -0.05) is 47.5 Å². The highest BCUT2D eigenvalue weighted by Gasteiger charge is 2.24. The second-order valence-electron chi connectivity index (χ2n) is 8.93. The fraction of sp³-hybridized carbons (Fsp3) is 0.222. The zero-order valence-corrected chi connectivity index (χ0v) is 21.0. The van der Waals surface area contributed by atoms with E-state index >= 15 is 0 Å². The van der Waals surface area contributed by atoms with Gasteiger partial charge < -0.3 is 25.1 Å². The van der Waals surface area contributed by atoms with Crippen molar-refractivity contribution in [3.05, 3.63) is 110 Å². The quantitative estimate of drug-likeness (QED) is 0.258. The third-order valence-electron chi connectivity index (χ3n) is 6.13. The molecule has 0 saturated carbocycles. The molecule has 2 unspecified atom stereocenters. The lowest BCUT2D eigenvalue weighted by molar-refractivity contribution is 0.0941. The molecule has 11 heteroatoms. The van der Waals surface area contributed by atoms with Crippen LogP contribution in [0.1, 0.15) is 38.2 Å². The Kier molecular flexibility index (Phi) is 8.42. The van der Waals surface area contributed by atoms with Crippen molar-refractivity contribution in [1.82, 2.24) is 9.55 Å². The maximum atomic E-state index is 13.6. The van der Waals surface area contributed by atoms with Crippen LogP contribution in [0, 0.1) is 5.82 Å². The Morgan fingerprint density at radius 2 is 1.71 bits per heavy atom. The topological polar surface area (TPSA) is 159 Å². The minimum atomic E-state index is -2.25. The number of pyridine rings is 2. The van der Waals surface area contributed by atoms with Crippen LogP contribution in [0.2, 0.25) is 0 Å². The summed E-state index contributed by atoms with van der Waals surface area (Å²) < 4.78 is 36.7. The summed E-state index contributed by atoms with van der Waals surface area (Å²) in [5.74, 6) is -1.50. The van der Waals surface area contributed by atoms with Gasteiger partial charge in [0.15, 0.2) is 0 Å². The van der Waals surface area contributed by atoms with Gasteiger partial charge in [0.05, 0.1) is 30.3 Å². The lowest BCUT2D eigenvalue weighted by atomic mass is 9.98. The Labute approximate surface area is 219 Å². The molecule has 4 N–H and O–H groups in total. The number of hydrogen-bond donors (Lipinski definition) is 3. The smallest absolute Gasteiger partial charge is 0.264 e. The normalized spacial score (nSPS) is 12.9. The molecule has 2 aromatic carbocycles. The van der Waals surface area contributed by atoms with Crippen molar-refractivity contribution in [2.24, 2.45) is 5.73 Å². The van der Waals surface area contributed by atoms with Crippen LogP contribution in [0.15, 0.2) is 65.6 Å². The Morgan fingerprint density at radius 3 is 2.32 bits per heavy atom. The van der Waals surface area contributed by atoms with Crippen molar-refractivity contribution in [3.8, 4) is 0 Å². The third-order valence-corrected chi connectivity index (χ3v) is 6.70. The summed E-state index contributed by atoms with van der Waals surface area (Å²) in [6.07, 6.45) is 0.501. The molecule has 2 heterocycles. The number of aromatic nitrogens is 2. The Bertz CT molecular complexity index is 1550. The molecular weight excluding hydrogens is 513 g/mol. The van der Waals surface area contributed by atoms with Gasteiger partial charge in [-0.3, -0.25) is 18.8 Å². The van der Waals surface area contributed by atoms with E-state index < -0.39 is 35.3 Å². The van der Waals surface area contributed by atoms with Gasteiger partial charge in [-0.25, -0.2) is 4.39 Å². The number of halogens is 1. The second kappa shape index (κ2) is 11.7. The van der Waals surface area contributed by atoms with E-state index in [1.165, 1.54) is 16.7 Å². The molecule has 4 rings (SSSR count). The second-order valence-corrected chi connectivity index (χ2v) is 9.82. The summed E-state index contributed by atoms with van der Waals surface area (Å²) in [5, 5.41) is 19.5. The van der Waals surface area contributed by atoms with Crippen molar-refractivity contribution in [2.45, 2.75) is 31.2 Å². The van der Waals surface area contributed by atoms with Gasteiger partial charge in [0.1, 0.15) is 11.4 Å². The summed E-state index contributed by atoms with van der Waals surface area (Å²) >= 11 is -2.25. The first-order valence-corrected chi connectivity index (χ1v) is 12.9. The first kappa shape index (κ1) is 27.3. The summed E-state index contributed by atoms with van der Waals surface area (Å²) in [7, 11) is 0. The summed E-state index contributed by atoms with van der Waals surface area (Å²) in [5.41, 5.74) is 8.12. The molecule has 0 aliphatic rings. The van der Waals surface area contributed by atoms with E-state index in [4.69, 9.17) is 5.73 Å². The fourth-order valence-electron chi connectivity index (χ4n) is 4.33. The lowest BCUT2D eigenvalue weighted by Crippen LogP contribution is -2.34. The molecule has 0 bridgehead atoms. The van der Waals surface area contributed by atoms with Gasteiger partial charge >= 0.3 is 0 Å². The van der Waals surface area contributed by atoms with Gasteiger partial charge in [0.2, 0.25) is 0 Å². The standard InChI is InChI=1S/C27H26FN3O6S/c28-20-7-5-16(6-8-20)9-19-10-23-25(30-12-19)22(11-21(33)14-32)24(26(29)34)27(35)31(23)13-17-1-3-18(4-2-17)15-38(36)37/h1-8,10,12,21,32-33H,9,11,13-15H2,(H2,29,34)(H,36,37)/p-1. The average molecular weight is 539 g/mol. The molecule has 0 radical (unpaired) electrons. The number of fused-ring (bicyclic) bond motifs is 1. The highest BCUT2D eigenvalue weighted by atomic mass is 32.2. The number of hydrogen-bond acceptors (Lipinski definition) is 7. The van der Waals surface area contributed by atoms with Crippen molar-refractivity contribution in [3.63, 3.8) is 0 Å². The number of nitrogens with zero attached hydrogens (tertiary/aromatic N) is 2. The number of nitrogens with two attached hydrogens (primary N) is 1. The van der Waals surface area contributed by atoms with Crippen LogP contribution < -0.4 is 11.3 Å². The van der Waals surface area contributed by atoms with Gasteiger partial charge in [-0.05, 0) is 46.9 Å². The Hall–Kier alpha value is -3.77. The fourth-order valence-corrected chi connectivity index (χ4v) is 4.79.